The van der Waals surface area contributed by atoms with Crippen LogP contribution in [-0.4, -0.2) is 41.2 Å². The first-order valence-electron chi connectivity index (χ1n) is 7.41. The molecular formula is C16H26ClN3O2. The normalized spacial score (nSPS) is 12.9. The summed E-state index contributed by atoms with van der Waals surface area (Å²) in [6.07, 6.45) is 1.27. The molecule has 0 spiro atoms. The average Bonchev–Trinajstić information content (AvgIpc) is 2.38. The van der Waals surface area contributed by atoms with Crippen LogP contribution in [0.4, 0.5) is 10.6 Å². The van der Waals surface area contributed by atoms with Gasteiger partial charge in [0.1, 0.15) is 11.4 Å². The third-order valence-electron chi connectivity index (χ3n) is 3.17. The number of nitrogens with zero attached hydrogens (tertiary/aromatic N) is 2. The van der Waals surface area contributed by atoms with Gasteiger partial charge in [-0.1, -0.05) is 25.4 Å². The summed E-state index contributed by atoms with van der Waals surface area (Å²) >= 11 is 5.82. The molecule has 0 aliphatic rings. The summed E-state index contributed by atoms with van der Waals surface area (Å²) in [7, 11) is 1.76. The molecule has 1 aromatic rings. The van der Waals surface area contributed by atoms with Crippen molar-refractivity contribution in [3.8, 4) is 0 Å². The van der Waals surface area contributed by atoms with Gasteiger partial charge in [-0.3, -0.25) is 0 Å². The van der Waals surface area contributed by atoms with Crippen molar-refractivity contribution in [3.05, 3.63) is 23.4 Å². The Hall–Kier alpha value is -1.49. The fraction of sp³-hybridized carbons (Fsp3) is 0.625. The molecule has 0 fully saturated rings. The lowest BCUT2D eigenvalue weighted by molar-refractivity contribution is 0.0192. The number of aromatic nitrogens is 1. The van der Waals surface area contributed by atoms with Crippen LogP contribution in [0.1, 0.15) is 34.6 Å². The molecular weight excluding hydrogens is 302 g/mol. The zero-order valence-electron chi connectivity index (χ0n) is 14.2. The highest BCUT2D eigenvalue weighted by molar-refractivity contribution is 6.30. The van der Waals surface area contributed by atoms with E-state index in [0.29, 0.717) is 11.6 Å². The number of hydrogen-bond acceptors (Lipinski definition) is 4. The Morgan fingerprint density at radius 3 is 2.50 bits per heavy atom. The van der Waals surface area contributed by atoms with E-state index in [2.05, 4.69) is 24.1 Å². The lowest BCUT2D eigenvalue weighted by Gasteiger charge is -2.33. The molecule has 1 atom stereocenters. The number of pyridine rings is 1. The van der Waals surface area contributed by atoms with Gasteiger partial charge in [0.2, 0.25) is 0 Å². The molecule has 0 saturated carbocycles. The second-order valence-electron chi connectivity index (χ2n) is 6.65. The summed E-state index contributed by atoms with van der Waals surface area (Å²) in [5.41, 5.74) is -0.502. The van der Waals surface area contributed by atoms with Crippen molar-refractivity contribution < 1.29 is 9.53 Å². The van der Waals surface area contributed by atoms with Crippen LogP contribution in [0.15, 0.2) is 18.3 Å². The summed E-state index contributed by atoms with van der Waals surface area (Å²) in [5.74, 6) is 1.00. The largest absolute Gasteiger partial charge is 0.444 e. The molecule has 124 valence electrons. The molecule has 0 aromatic carbocycles. The maximum Gasteiger partial charge on any atom is 0.410 e. The summed E-state index contributed by atoms with van der Waals surface area (Å²) < 4.78 is 5.42. The van der Waals surface area contributed by atoms with E-state index in [-0.39, 0.29) is 18.1 Å². The van der Waals surface area contributed by atoms with Crippen LogP contribution in [0.5, 0.6) is 0 Å². The second-order valence-corrected chi connectivity index (χ2v) is 7.08. The number of ether oxygens (including phenoxy) is 1. The minimum atomic E-state index is -0.502. The number of halogens is 1. The van der Waals surface area contributed by atoms with Crippen molar-refractivity contribution in [2.45, 2.75) is 46.3 Å². The lowest BCUT2D eigenvalue weighted by Crippen LogP contribution is -2.46. The molecule has 1 rings (SSSR count). The fourth-order valence-electron chi connectivity index (χ4n) is 1.98. The van der Waals surface area contributed by atoms with Gasteiger partial charge in [0.05, 0.1) is 11.1 Å². The van der Waals surface area contributed by atoms with Gasteiger partial charge in [0, 0.05) is 19.8 Å². The Balaban J connectivity index is 2.68. The van der Waals surface area contributed by atoms with Gasteiger partial charge in [-0.05, 0) is 38.8 Å². The van der Waals surface area contributed by atoms with Crippen LogP contribution in [0.3, 0.4) is 0 Å². The highest BCUT2D eigenvalue weighted by atomic mass is 35.5. The molecule has 0 aliphatic heterocycles. The molecule has 1 amide bonds. The molecule has 1 heterocycles. The van der Waals surface area contributed by atoms with Crippen molar-refractivity contribution >= 4 is 23.5 Å². The molecule has 5 nitrogen and oxygen atoms in total. The number of rotatable bonds is 5. The molecule has 1 N–H and O–H groups in total. The third kappa shape index (κ3) is 6.10. The molecule has 0 radical (unpaired) electrons. The van der Waals surface area contributed by atoms with Crippen molar-refractivity contribution in [2.75, 3.05) is 18.9 Å². The molecule has 1 unspecified atom stereocenters. The van der Waals surface area contributed by atoms with Crippen molar-refractivity contribution in [1.29, 1.82) is 0 Å². The van der Waals surface area contributed by atoms with E-state index in [1.54, 1.807) is 24.2 Å². The number of carbonyl (C=O) groups is 1. The Bertz CT molecular complexity index is 483. The van der Waals surface area contributed by atoms with E-state index < -0.39 is 5.60 Å². The molecule has 0 bridgehead atoms. The SMILES string of the molecule is CC(C)C(CNc1ccc(Cl)cn1)N(C)C(=O)OC(C)(C)C. The zero-order chi connectivity index (χ0) is 16.9. The highest BCUT2D eigenvalue weighted by Gasteiger charge is 2.27. The average molecular weight is 328 g/mol. The smallest absolute Gasteiger partial charge is 0.410 e. The minimum absolute atomic E-state index is 0.00710. The van der Waals surface area contributed by atoms with E-state index >= 15 is 0 Å². The topological polar surface area (TPSA) is 54.5 Å². The molecule has 1 aromatic heterocycles. The Morgan fingerprint density at radius 1 is 1.41 bits per heavy atom. The van der Waals surface area contributed by atoms with Gasteiger partial charge < -0.3 is 15.0 Å². The van der Waals surface area contributed by atoms with Crippen LogP contribution in [0.25, 0.3) is 0 Å². The molecule has 6 heteroatoms. The van der Waals surface area contributed by atoms with Crippen molar-refractivity contribution in [1.82, 2.24) is 9.88 Å². The van der Waals surface area contributed by atoms with Crippen molar-refractivity contribution in [2.24, 2.45) is 5.92 Å². The zero-order valence-corrected chi connectivity index (χ0v) is 14.9. The van der Waals surface area contributed by atoms with Crippen LogP contribution < -0.4 is 5.32 Å². The predicted molar refractivity (Wildman–Crippen MR) is 90.4 cm³/mol. The Morgan fingerprint density at radius 2 is 2.05 bits per heavy atom. The minimum Gasteiger partial charge on any atom is -0.444 e. The second kappa shape index (κ2) is 7.68. The third-order valence-corrected chi connectivity index (χ3v) is 3.39. The van der Waals surface area contributed by atoms with E-state index in [9.17, 15) is 4.79 Å². The standard InChI is InChI=1S/C16H26ClN3O2/c1-11(2)13(20(6)15(21)22-16(3,4)5)10-19-14-8-7-12(17)9-18-14/h7-9,11,13H,10H2,1-6H3,(H,18,19). The summed E-state index contributed by atoms with van der Waals surface area (Å²) in [4.78, 5) is 18.0. The number of nitrogens with one attached hydrogen (secondary N) is 1. The van der Waals surface area contributed by atoms with E-state index in [4.69, 9.17) is 16.3 Å². The van der Waals surface area contributed by atoms with Gasteiger partial charge >= 0.3 is 6.09 Å². The summed E-state index contributed by atoms with van der Waals surface area (Å²) in [6, 6.07) is 3.58. The number of likely N-dealkylation sites (N-methyl/N-ethyl adjacent to an activating group) is 1. The highest BCUT2D eigenvalue weighted by Crippen LogP contribution is 2.16. The monoisotopic (exact) mass is 327 g/mol. The molecule has 22 heavy (non-hydrogen) atoms. The van der Waals surface area contributed by atoms with Gasteiger partial charge in [-0.15, -0.1) is 0 Å². The number of anilines is 1. The van der Waals surface area contributed by atoms with Crippen LogP contribution in [-0.2, 0) is 4.74 Å². The van der Waals surface area contributed by atoms with Gasteiger partial charge in [-0.2, -0.15) is 0 Å². The van der Waals surface area contributed by atoms with E-state index in [0.717, 1.165) is 5.82 Å². The maximum atomic E-state index is 12.2. The van der Waals surface area contributed by atoms with Gasteiger partial charge in [0.15, 0.2) is 0 Å². The first-order chi connectivity index (χ1) is 10.1. The molecule has 0 aliphatic carbocycles. The Kier molecular flexibility index (Phi) is 6.48. The summed E-state index contributed by atoms with van der Waals surface area (Å²) in [5, 5.41) is 3.83. The van der Waals surface area contributed by atoms with Crippen LogP contribution in [0.2, 0.25) is 5.02 Å². The molecule has 0 saturated heterocycles. The maximum absolute atomic E-state index is 12.2. The first-order valence-corrected chi connectivity index (χ1v) is 7.79. The quantitative estimate of drug-likeness (QED) is 0.886. The number of hydrogen-bond donors (Lipinski definition) is 1. The Labute approximate surface area is 138 Å². The lowest BCUT2D eigenvalue weighted by atomic mass is 10.0. The van der Waals surface area contributed by atoms with E-state index in [1.807, 2.05) is 26.8 Å². The fourth-order valence-corrected chi connectivity index (χ4v) is 2.09. The van der Waals surface area contributed by atoms with E-state index in [1.165, 1.54) is 0 Å². The van der Waals surface area contributed by atoms with Crippen LogP contribution >= 0.6 is 11.6 Å². The van der Waals surface area contributed by atoms with Crippen LogP contribution in [0, 0.1) is 5.92 Å². The number of amides is 1. The van der Waals surface area contributed by atoms with Gasteiger partial charge in [0.25, 0.3) is 0 Å². The summed E-state index contributed by atoms with van der Waals surface area (Å²) in [6.45, 7) is 10.3. The van der Waals surface area contributed by atoms with Gasteiger partial charge in [-0.25, -0.2) is 9.78 Å². The first kappa shape index (κ1) is 18.6. The number of carbonyl (C=O) groups excluding carboxylic acids is 1. The predicted octanol–water partition coefficient (Wildman–Crippen LogP) is 4.04. The van der Waals surface area contributed by atoms with Crippen molar-refractivity contribution in [3.63, 3.8) is 0 Å².